The molecule has 182 valence electrons. The lowest BCUT2D eigenvalue weighted by molar-refractivity contribution is 1.13. The van der Waals surface area contributed by atoms with Gasteiger partial charge >= 0.3 is 0 Å². The van der Waals surface area contributed by atoms with E-state index in [4.69, 9.17) is 9.97 Å². The van der Waals surface area contributed by atoms with Gasteiger partial charge in [0.25, 0.3) is 0 Å². The van der Waals surface area contributed by atoms with Crippen LogP contribution in [0.25, 0.3) is 55.2 Å². The van der Waals surface area contributed by atoms with Crippen molar-refractivity contribution in [1.82, 2.24) is 19.1 Å². The van der Waals surface area contributed by atoms with Crippen LogP contribution in [-0.2, 0) is 12.8 Å². The third-order valence-electron chi connectivity index (χ3n) is 7.27. The van der Waals surface area contributed by atoms with E-state index in [0.29, 0.717) is 0 Å². The molecule has 0 atom stereocenters. The first-order chi connectivity index (χ1) is 18.8. The highest BCUT2D eigenvalue weighted by Crippen LogP contribution is 2.35. The molecule has 7 aromatic rings. The van der Waals surface area contributed by atoms with Crippen LogP contribution in [-0.4, -0.2) is 19.1 Å². The number of fused-ring (bicyclic) bond motifs is 6. The summed E-state index contributed by atoms with van der Waals surface area (Å²) in [6, 6.07) is 30.3. The van der Waals surface area contributed by atoms with E-state index in [1.54, 1.807) is 0 Å². The molecule has 4 nitrogen and oxygen atoms in total. The number of allylic oxidation sites excluding steroid dienone is 2. The fourth-order valence-corrected chi connectivity index (χ4v) is 5.68. The van der Waals surface area contributed by atoms with Crippen LogP contribution in [0, 0.1) is 0 Å². The van der Waals surface area contributed by atoms with Crippen LogP contribution in [0.3, 0.4) is 0 Å². The quantitative estimate of drug-likeness (QED) is 0.221. The van der Waals surface area contributed by atoms with Crippen LogP contribution in [0.4, 0.5) is 0 Å². The lowest BCUT2D eigenvalue weighted by Gasteiger charge is -2.12. The maximum Gasteiger partial charge on any atom is 0.0963 e. The second-order valence-electron chi connectivity index (χ2n) is 9.62. The van der Waals surface area contributed by atoms with Crippen LogP contribution in [0.5, 0.6) is 0 Å². The van der Waals surface area contributed by atoms with Gasteiger partial charge in [0, 0.05) is 34.5 Å². The van der Waals surface area contributed by atoms with Crippen LogP contribution in [0.1, 0.15) is 11.1 Å². The van der Waals surface area contributed by atoms with E-state index < -0.39 is 0 Å². The molecule has 38 heavy (non-hydrogen) atoms. The average Bonchev–Trinajstić information content (AvgIpc) is 3.46. The van der Waals surface area contributed by atoms with Crippen molar-refractivity contribution in [2.24, 2.45) is 0 Å². The Labute approximate surface area is 220 Å². The monoisotopic (exact) mass is 490 g/mol. The van der Waals surface area contributed by atoms with Crippen molar-refractivity contribution in [3.8, 4) is 11.4 Å². The predicted molar refractivity (Wildman–Crippen MR) is 159 cm³/mol. The number of benzene rings is 3. The zero-order valence-electron chi connectivity index (χ0n) is 21.0. The molecule has 0 aliphatic rings. The van der Waals surface area contributed by atoms with Gasteiger partial charge in [-0.2, -0.15) is 0 Å². The van der Waals surface area contributed by atoms with Crippen LogP contribution in [0.2, 0.25) is 0 Å². The highest BCUT2D eigenvalue weighted by molar-refractivity contribution is 6.08. The van der Waals surface area contributed by atoms with Gasteiger partial charge in [0.2, 0.25) is 0 Å². The first-order valence-electron chi connectivity index (χ1n) is 12.9. The Morgan fingerprint density at radius 3 is 1.53 bits per heavy atom. The summed E-state index contributed by atoms with van der Waals surface area (Å²) in [6.07, 6.45) is 9.29. The highest BCUT2D eigenvalue weighted by atomic mass is 15.0. The minimum Gasteiger partial charge on any atom is -0.308 e. The summed E-state index contributed by atoms with van der Waals surface area (Å²) in [7, 11) is 0. The Hall–Kier alpha value is -4.96. The van der Waals surface area contributed by atoms with E-state index in [1.165, 1.54) is 11.1 Å². The zero-order valence-corrected chi connectivity index (χ0v) is 21.0. The van der Waals surface area contributed by atoms with Crippen molar-refractivity contribution >= 4 is 43.9 Å². The Kier molecular flexibility index (Phi) is 5.19. The van der Waals surface area contributed by atoms with E-state index in [0.717, 1.165) is 68.1 Å². The molecule has 4 aromatic heterocycles. The molecule has 0 spiro atoms. The van der Waals surface area contributed by atoms with Gasteiger partial charge in [-0.15, -0.1) is 13.2 Å². The third-order valence-corrected chi connectivity index (χ3v) is 7.27. The normalized spacial score (nSPS) is 11.6. The molecule has 0 aliphatic carbocycles. The minimum atomic E-state index is 0.835. The number of aromatic nitrogens is 4. The van der Waals surface area contributed by atoms with Crippen molar-refractivity contribution in [3.63, 3.8) is 0 Å². The fraction of sp³-hybridized carbons (Fsp3) is 0.0588. The second kappa shape index (κ2) is 8.86. The molecule has 0 radical (unpaired) electrons. The summed E-state index contributed by atoms with van der Waals surface area (Å²) >= 11 is 0. The second-order valence-corrected chi connectivity index (χ2v) is 9.62. The zero-order chi connectivity index (χ0) is 25.6. The van der Waals surface area contributed by atoms with Crippen LogP contribution >= 0.6 is 0 Å². The minimum absolute atomic E-state index is 0.835. The molecular weight excluding hydrogens is 464 g/mol. The average molecular weight is 491 g/mol. The molecule has 0 amide bonds. The van der Waals surface area contributed by atoms with Gasteiger partial charge in [-0.3, -0.25) is 9.97 Å². The number of hydrogen-bond acceptors (Lipinski definition) is 2. The van der Waals surface area contributed by atoms with Gasteiger partial charge in [0.1, 0.15) is 0 Å². The maximum absolute atomic E-state index is 4.77. The van der Waals surface area contributed by atoms with Gasteiger partial charge in [-0.25, -0.2) is 0 Å². The van der Waals surface area contributed by atoms with E-state index >= 15 is 0 Å². The fourth-order valence-electron chi connectivity index (χ4n) is 5.68. The SMILES string of the molecule is C=CCc1ccc2c(c1)c1ncccc1n2-c1cccc(-n2c3ccc(CC=C)cc3c3ncccc32)c1. The summed E-state index contributed by atoms with van der Waals surface area (Å²) in [5, 5.41) is 2.31. The van der Waals surface area contributed by atoms with E-state index in [9.17, 15) is 0 Å². The van der Waals surface area contributed by atoms with Gasteiger partial charge in [0.05, 0.1) is 33.1 Å². The van der Waals surface area contributed by atoms with Crippen molar-refractivity contribution in [2.45, 2.75) is 12.8 Å². The molecule has 4 heteroatoms. The molecule has 0 unspecified atom stereocenters. The van der Waals surface area contributed by atoms with Gasteiger partial charge in [-0.05, 0) is 90.7 Å². The Balaban J connectivity index is 1.48. The molecule has 0 fully saturated rings. The standard InChI is InChI=1S/C34H26N4/c1-3-8-23-14-16-29-27(20-23)33-31(12-6-18-35-33)37(29)25-10-5-11-26(22-25)38-30-17-15-24(9-4-2)21-28(30)34-32(38)13-7-19-36-34/h3-7,10-22H,1-2,8-9H2. The van der Waals surface area contributed by atoms with E-state index in [2.05, 4.69) is 95.1 Å². The number of pyridine rings is 2. The highest BCUT2D eigenvalue weighted by Gasteiger charge is 2.17. The largest absolute Gasteiger partial charge is 0.308 e. The lowest BCUT2D eigenvalue weighted by atomic mass is 10.1. The van der Waals surface area contributed by atoms with Gasteiger partial charge in [0.15, 0.2) is 0 Å². The van der Waals surface area contributed by atoms with Crippen molar-refractivity contribution < 1.29 is 0 Å². The number of nitrogens with zero attached hydrogens (tertiary/aromatic N) is 4. The maximum atomic E-state index is 4.77. The summed E-state index contributed by atoms with van der Waals surface area (Å²) in [6.45, 7) is 7.82. The van der Waals surface area contributed by atoms with Crippen molar-refractivity contribution in [2.75, 3.05) is 0 Å². The summed E-state index contributed by atoms with van der Waals surface area (Å²) in [5.41, 5.74) is 11.1. The number of rotatable bonds is 6. The molecular formula is C34H26N4. The Bertz CT molecular complexity index is 1880. The van der Waals surface area contributed by atoms with Crippen LogP contribution < -0.4 is 0 Å². The van der Waals surface area contributed by atoms with Gasteiger partial charge in [-0.1, -0.05) is 30.4 Å². The topological polar surface area (TPSA) is 35.6 Å². The lowest BCUT2D eigenvalue weighted by Crippen LogP contribution is -1.98. The van der Waals surface area contributed by atoms with Crippen molar-refractivity contribution in [3.05, 3.63) is 134 Å². The summed E-state index contributed by atoms with van der Waals surface area (Å²) in [4.78, 5) is 9.53. The first kappa shape index (κ1) is 22.3. The van der Waals surface area contributed by atoms with Crippen molar-refractivity contribution in [1.29, 1.82) is 0 Å². The molecule has 0 N–H and O–H groups in total. The van der Waals surface area contributed by atoms with Gasteiger partial charge < -0.3 is 9.13 Å². The smallest absolute Gasteiger partial charge is 0.0963 e. The molecule has 0 saturated heterocycles. The Morgan fingerprint density at radius 2 is 1.05 bits per heavy atom. The molecule has 4 heterocycles. The molecule has 0 saturated carbocycles. The van der Waals surface area contributed by atoms with Crippen LogP contribution in [0.15, 0.2) is 123 Å². The number of hydrogen-bond donors (Lipinski definition) is 0. The van der Waals surface area contributed by atoms with E-state index in [1.807, 2.05) is 36.7 Å². The summed E-state index contributed by atoms with van der Waals surface area (Å²) in [5.74, 6) is 0. The Morgan fingerprint density at radius 1 is 0.553 bits per heavy atom. The summed E-state index contributed by atoms with van der Waals surface area (Å²) < 4.78 is 4.63. The predicted octanol–water partition coefficient (Wildman–Crippen LogP) is 8.13. The molecule has 0 aliphatic heterocycles. The third kappa shape index (κ3) is 3.38. The molecule has 7 rings (SSSR count). The van der Waals surface area contributed by atoms with E-state index in [-0.39, 0.29) is 0 Å². The molecule has 3 aromatic carbocycles. The molecule has 0 bridgehead atoms. The first-order valence-corrected chi connectivity index (χ1v) is 12.9.